The molecule has 0 spiro atoms. The van der Waals surface area contributed by atoms with Crippen LogP contribution in [0.25, 0.3) is 5.57 Å². The number of benzene rings is 1. The molecule has 0 saturated carbocycles. The second-order valence-corrected chi connectivity index (χ2v) is 8.06. The molecule has 0 bridgehead atoms. The number of aliphatic hydroxyl groups is 1. The predicted molar refractivity (Wildman–Crippen MR) is 120 cm³/mol. The Balaban J connectivity index is 1.86. The lowest BCUT2D eigenvalue weighted by Crippen LogP contribution is -2.48. The number of unbranched alkanes of at least 4 members (excludes halogenated alkanes) is 3. The number of rotatable bonds is 11. The fraction of sp³-hybridized carbons (Fsp3) is 0.583. The number of nitrogens with zero attached hydrogens (tertiary/aromatic N) is 3. The van der Waals surface area contributed by atoms with E-state index >= 15 is 0 Å². The molecule has 2 amide bonds. The number of ether oxygens (including phenoxy) is 1. The van der Waals surface area contributed by atoms with Crippen LogP contribution in [-0.4, -0.2) is 84.1 Å². The normalized spacial score (nSPS) is 17.8. The number of carbonyl (C=O) groups excluding carboxylic acids is 2. The van der Waals surface area contributed by atoms with Crippen molar-refractivity contribution in [1.82, 2.24) is 14.7 Å². The van der Waals surface area contributed by atoms with Gasteiger partial charge in [0.15, 0.2) is 0 Å². The summed E-state index contributed by atoms with van der Waals surface area (Å²) in [5.41, 5.74) is 1.78. The largest absolute Gasteiger partial charge is 0.494 e. The third-order valence-electron chi connectivity index (χ3n) is 5.94. The van der Waals surface area contributed by atoms with E-state index in [9.17, 15) is 14.7 Å². The molecule has 0 unspecified atom stereocenters. The average Bonchev–Trinajstić information content (AvgIpc) is 3.03. The summed E-state index contributed by atoms with van der Waals surface area (Å²) in [5, 5.41) is 9.20. The van der Waals surface area contributed by atoms with E-state index in [4.69, 9.17) is 4.74 Å². The van der Waals surface area contributed by atoms with E-state index in [1.54, 1.807) is 0 Å². The summed E-state index contributed by atoms with van der Waals surface area (Å²) in [6.07, 6.45) is 4.07. The van der Waals surface area contributed by atoms with Crippen molar-refractivity contribution < 1.29 is 19.4 Å². The first-order valence-electron chi connectivity index (χ1n) is 11.5. The van der Waals surface area contributed by atoms with Gasteiger partial charge in [-0.2, -0.15) is 0 Å². The van der Waals surface area contributed by atoms with Gasteiger partial charge in [-0.1, -0.05) is 38.3 Å². The average molecular weight is 430 g/mol. The van der Waals surface area contributed by atoms with E-state index in [-0.39, 0.29) is 18.4 Å². The lowest BCUT2D eigenvalue weighted by Gasteiger charge is -2.36. The molecule has 1 fully saturated rings. The zero-order valence-electron chi connectivity index (χ0n) is 18.8. The maximum Gasteiger partial charge on any atom is 0.277 e. The zero-order valence-corrected chi connectivity index (χ0v) is 18.8. The van der Waals surface area contributed by atoms with Gasteiger partial charge in [0.05, 0.1) is 18.8 Å². The highest BCUT2D eigenvalue weighted by molar-refractivity contribution is 6.35. The van der Waals surface area contributed by atoms with Crippen molar-refractivity contribution in [3.05, 3.63) is 35.5 Å². The Morgan fingerprint density at radius 3 is 2.23 bits per heavy atom. The van der Waals surface area contributed by atoms with Gasteiger partial charge in [0.1, 0.15) is 11.4 Å². The zero-order chi connectivity index (χ0) is 22.2. The predicted octanol–water partition coefficient (Wildman–Crippen LogP) is 2.36. The molecule has 0 aliphatic carbocycles. The molecule has 0 atom stereocenters. The van der Waals surface area contributed by atoms with E-state index in [2.05, 4.69) is 11.8 Å². The van der Waals surface area contributed by atoms with Crippen LogP contribution < -0.4 is 4.74 Å². The standard InChI is InChI=1S/C24H35N3O4/c1-3-5-6-7-12-27-23(29)21(19-8-10-20(11-9-19)31-4-2)22(24(27)30)26-15-13-25(14-16-26)17-18-28/h8-11,28H,3-7,12-18H2,1-2H3. The SMILES string of the molecule is CCCCCCN1C(=O)C(c2ccc(OCC)cc2)=C(N2CCN(CCO)CC2)C1=O. The highest BCUT2D eigenvalue weighted by atomic mass is 16.5. The second-order valence-electron chi connectivity index (χ2n) is 8.06. The summed E-state index contributed by atoms with van der Waals surface area (Å²) < 4.78 is 5.53. The number of piperazine rings is 1. The molecule has 0 radical (unpaired) electrons. The number of carbonyl (C=O) groups is 2. The summed E-state index contributed by atoms with van der Waals surface area (Å²) in [4.78, 5) is 32.4. The molecule has 1 N–H and O–H groups in total. The van der Waals surface area contributed by atoms with Crippen LogP contribution in [0.4, 0.5) is 0 Å². The number of aliphatic hydroxyl groups excluding tert-OH is 1. The Kier molecular flexibility index (Phi) is 8.49. The lowest BCUT2D eigenvalue weighted by molar-refractivity contribution is -0.137. The van der Waals surface area contributed by atoms with Gasteiger partial charge in [-0.15, -0.1) is 0 Å². The van der Waals surface area contributed by atoms with E-state index in [1.807, 2.05) is 36.1 Å². The lowest BCUT2D eigenvalue weighted by atomic mass is 10.0. The number of hydrogen-bond acceptors (Lipinski definition) is 6. The van der Waals surface area contributed by atoms with Crippen molar-refractivity contribution in [2.75, 3.05) is 52.5 Å². The highest BCUT2D eigenvalue weighted by Gasteiger charge is 2.41. The summed E-state index contributed by atoms with van der Waals surface area (Å²) in [6.45, 7) is 8.74. The molecule has 31 heavy (non-hydrogen) atoms. The Morgan fingerprint density at radius 1 is 0.903 bits per heavy atom. The van der Waals surface area contributed by atoms with Crippen molar-refractivity contribution >= 4 is 17.4 Å². The van der Waals surface area contributed by atoms with E-state index in [0.29, 0.717) is 44.1 Å². The topological polar surface area (TPSA) is 73.3 Å². The van der Waals surface area contributed by atoms with Gasteiger partial charge in [-0.25, -0.2) is 0 Å². The minimum absolute atomic E-state index is 0.128. The molecular weight excluding hydrogens is 394 g/mol. The minimum atomic E-state index is -0.196. The molecule has 1 aromatic carbocycles. The van der Waals surface area contributed by atoms with Crippen molar-refractivity contribution in [1.29, 1.82) is 0 Å². The van der Waals surface area contributed by atoms with Crippen LogP contribution >= 0.6 is 0 Å². The van der Waals surface area contributed by atoms with Crippen LogP contribution in [0.3, 0.4) is 0 Å². The number of hydrogen-bond donors (Lipinski definition) is 1. The van der Waals surface area contributed by atoms with Gasteiger partial charge in [0.2, 0.25) is 0 Å². The monoisotopic (exact) mass is 429 g/mol. The summed E-state index contributed by atoms with van der Waals surface area (Å²) in [7, 11) is 0. The molecular formula is C24H35N3O4. The van der Waals surface area contributed by atoms with Gasteiger partial charge in [-0.05, 0) is 31.0 Å². The third kappa shape index (κ3) is 5.46. The molecule has 1 saturated heterocycles. The van der Waals surface area contributed by atoms with Gasteiger partial charge < -0.3 is 14.7 Å². The Morgan fingerprint density at radius 2 is 1.61 bits per heavy atom. The van der Waals surface area contributed by atoms with Crippen LogP contribution in [-0.2, 0) is 9.59 Å². The molecule has 1 aromatic rings. The molecule has 7 heteroatoms. The highest BCUT2D eigenvalue weighted by Crippen LogP contribution is 2.33. The van der Waals surface area contributed by atoms with Crippen LogP contribution in [0.15, 0.2) is 30.0 Å². The molecule has 2 aliphatic heterocycles. The molecule has 2 heterocycles. The smallest absolute Gasteiger partial charge is 0.277 e. The first-order chi connectivity index (χ1) is 15.1. The van der Waals surface area contributed by atoms with Crippen molar-refractivity contribution in [3.63, 3.8) is 0 Å². The van der Waals surface area contributed by atoms with Gasteiger partial charge >= 0.3 is 0 Å². The van der Waals surface area contributed by atoms with E-state index in [0.717, 1.165) is 50.1 Å². The quantitative estimate of drug-likeness (QED) is 0.430. The summed E-state index contributed by atoms with van der Waals surface area (Å²) in [5.74, 6) is 0.374. The molecule has 2 aliphatic rings. The van der Waals surface area contributed by atoms with Crippen LogP contribution in [0.5, 0.6) is 5.75 Å². The number of β-amino-alcohol motifs (C(OH)–C–C–N with tert-alkyl or cyclic N) is 1. The summed E-state index contributed by atoms with van der Waals surface area (Å²) >= 11 is 0. The Bertz CT molecular complexity index is 783. The first-order valence-corrected chi connectivity index (χ1v) is 11.5. The van der Waals surface area contributed by atoms with Crippen molar-refractivity contribution in [2.24, 2.45) is 0 Å². The third-order valence-corrected chi connectivity index (χ3v) is 5.94. The van der Waals surface area contributed by atoms with Gasteiger partial charge in [0, 0.05) is 39.3 Å². The Hall–Kier alpha value is -2.38. The maximum absolute atomic E-state index is 13.4. The van der Waals surface area contributed by atoms with Crippen LogP contribution in [0, 0.1) is 0 Å². The van der Waals surface area contributed by atoms with Crippen LogP contribution in [0.2, 0.25) is 0 Å². The van der Waals surface area contributed by atoms with Crippen molar-refractivity contribution in [2.45, 2.75) is 39.5 Å². The van der Waals surface area contributed by atoms with Gasteiger partial charge in [0.25, 0.3) is 11.8 Å². The number of imide groups is 1. The fourth-order valence-electron chi connectivity index (χ4n) is 4.24. The minimum Gasteiger partial charge on any atom is -0.494 e. The second kappa shape index (κ2) is 11.3. The first kappa shape index (κ1) is 23.3. The van der Waals surface area contributed by atoms with E-state index in [1.165, 1.54) is 4.90 Å². The maximum atomic E-state index is 13.4. The van der Waals surface area contributed by atoms with Crippen LogP contribution in [0.1, 0.15) is 45.1 Å². The van der Waals surface area contributed by atoms with Gasteiger partial charge in [-0.3, -0.25) is 19.4 Å². The molecule has 7 nitrogen and oxygen atoms in total. The van der Waals surface area contributed by atoms with E-state index < -0.39 is 0 Å². The van der Waals surface area contributed by atoms with Crippen molar-refractivity contribution in [3.8, 4) is 5.75 Å². The summed E-state index contributed by atoms with van der Waals surface area (Å²) in [6, 6.07) is 7.44. The fourth-order valence-corrected chi connectivity index (χ4v) is 4.24. The molecule has 170 valence electrons. The Labute approximate surface area is 185 Å². The number of amides is 2. The molecule has 0 aromatic heterocycles. The molecule has 3 rings (SSSR count).